The standard InChI is InChI=1S/C17H20ClN3O2/c18-14-6-7-15(19-12-14)17(23)21-9-3-8-20(10-11-21)16(22)13-4-1-2-5-13/h1-2,6-7,12-13H,3-5,8-11H2. The Balaban J connectivity index is 1.60. The first-order valence-corrected chi connectivity index (χ1v) is 8.37. The molecule has 0 atom stereocenters. The van der Waals surface area contributed by atoms with Crippen LogP contribution in [0.5, 0.6) is 0 Å². The SMILES string of the molecule is O=C(c1ccc(Cl)cn1)N1CCCN(C(=O)C2CC=CC2)CC1. The summed E-state index contributed by atoms with van der Waals surface area (Å²) in [5, 5.41) is 0.513. The van der Waals surface area contributed by atoms with Crippen LogP contribution < -0.4 is 0 Å². The Morgan fingerprint density at radius 3 is 2.43 bits per heavy atom. The number of hydrogen-bond donors (Lipinski definition) is 0. The number of halogens is 1. The molecule has 122 valence electrons. The van der Waals surface area contributed by atoms with E-state index in [2.05, 4.69) is 17.1 Å². The maximum atomic E-state index is 12.5. The summed E-state index contributed by atoms with van der Waals surface area (Å²) < 4.78 is 0. The first kappa shape index (κ1) is 16.0. The summed E-state index contributed by atoms with van der Waals surface area (Å²) in [6.45, 7) is 2.51. The van der Waals surface area contributed by atoms with Gasteiger partial charge in [-0.05, 0) is 31.4 Å². The molecule has 0 aromatic carbocycles. The van der Waals surface area contributed by atoms with Gasteiger partial charge in [0.2, 0.25) is 5.91 Å². The van der Waals surface area contributed by atoms with E-state index >= 15 is 0 Å². The predicted octanol–water partition coefficient (Wildman–Crippen LogP) is 2.38. The molecule has 6 heteroatoms. The topological polar surface area (TPSA) is 53.5 Å². The Morgan fingerprint density at radius 1 is 1.04 bits per heavy atom. The average molecular weight is 334 g/mol. The van der Waals surface area contributed by atoms with Crippen LogP contribution in [0, 0.1) is 5.92 Å². The van der Waals surface area contributed by atoms with Crippen molar-refractivity contribution in [3.63, 3.8) is 0 Å². The fourth-order valence-electron chi connectivity index (χ4n) is 3.08. The minimum Gasteiger partial charge on any atom is -0.341 e. The van der Waals surface area contributed by atoms with Crippen molar-refractivity contribution in [1.29, 1.82) is 0 Å². The molecule has 1 saturated heterocycles. The monoisotopic (exact) mass is 333 g/mol. The number of nitrogens with zero attached hydrogens (tertiary/aromatic N) is 3. The van der Waals surface area contributed by atoms with Gasteiger partial charge in [-0.2, -0.15) is 0 Å². The second-order valence-electron chi connectivity index (χ2n) is 5.97. The molecule has 0 saturated carbocycles. The van der Waals surface area contributed by atoms with Gasteiger partial charge in [0.05, 0.1) is 5.02 Å². The molecule has 0 bridgehead atoms. The smallest absolute Gasteiger partial charge is 0.272 e. The Bertz CT molecular complexity index is 607. The van der Waals surface area contributed by atoms with Crippen molar-refractivity contribution in [2.24, 2.45) is 5.92 Å². The first-order valence-electron chi connectivity index (χ1n) is 8.00. The lowest BCUT2D eigenvalue weighted by atomic mass is 10.1. The molecule has 2 heterocycles. The van der Waals surface area contributed by atoms with Crippen LogP contribution in [-0.4, -0.2) is 52.8 Å². The Hall–Kier alpha value is -1.88. The lowest BCUT2D eigenvalue weighted by Crippen LogP contribution is -2.39. The maximum absolute atomic E-state index is 12.5. The number of hydrogen-bond acceptors (Lipinski definition) is 3. The highest BCUT2D eigenvalue weighted by Gasteiger charge is 2.28. The number of carbonyl (C=O) groups excluding carboxylic acids is 2. The van der Waals surface area contributed by atoms with Crippen molar-refractivity contribution in [2.45, 2.75) is 19.3 Å². The van der Waals surface area contributed by atoms with Gasteiger partial charge in [0.15, 0.2) is 0 Å². The van der Waals surface area contributed by atoms with Crippen molar-refractivity contribution in [1.82, 2.24) is 14.8 Å². The van der Waals surface area contributed by atoms with Crippen LogP contribution >= 0.6 is 11.6 Å². The molecule has 1 fully saturated rings. The lowest BCUT2D eigenvalue weighted by Gasteiger charge is -2.24. The Labute approximate surface area is 140 Å². The van der Waals surface area contributed by atoms with E-state index in [1.54, 1.807) is 17.0 Å². The van der Waals surface area contributed by atoms with Crippen LogP contribution in [0.3, 0.4) is 0 Å². The van der Waals surface area contributed by atoms with E-state index in [4.69, 9.17) is 11.6 Å². The number of allylic oxidation sites excluding steroid dienone is 2. The largest absolute Gasteiger partial charge is 0.341 e. The number of pyridine rings is 1. The normalized spacial score (nSPS) is 19.0. The highest BCUT2D eigenvalue weighted by molar-refractivity contribution is 6.30. The zero-order valence-electron chi connectivity index (χ0n) is 12.9. The molecule has 1 aliphatic carbocycles. The summed E-state index contributed by atoms with van der Waals surface area (Å²) in [5.41, 5.74) is 0.397. The van der Waals surface area contributed by atoms with E-state index in [0.717, 1.165) is 19.3 Å². The molecule has 0 unspecified atom stereocenters. The molecule has 1 aromatic heterocycles. The van der Waals surface area contributed by atoms with Crippen molar-refractivity contribution >= 4 is 23.4 Å². The molecule has 2 amide bonds. The second-order valence-corrected chi connectivity index (χ2v) is 6.41. The molecule has 0 radical (unpaired) electrons. The van der Waals surface area contributed by atoms with E-state index < -0.39 is 0 Å². The van der Waals surface area contributed by atoms with Crippen molar-refractivity contribution < 1.29 is 9.59 Å². The van der Waals surface area contributed by atoms with Crippen LogP contribution in [0.25, 0.3) is 0 Å². The highest BCUT2D eigenvalue weighted by Crippen LogP contribution is 2.21. The maximum Gasteiger partial charge on any atom is 0.272 e. The summed E-state index contributed by atoms with van der Waals surface area (Å²) in [7, 11) is 0. The van der Waals surface area contributed by atoms with Crippen molar-refractivity contribution in [3.8, 4) is 0 Å². The molecule has 2 aliphatic rings. The third-order valence-corrected chi connectivity index (χ3v) is 4.62. The molecule has 3 rings (SSSR count). The number of rotatable bonds is 2. The van der Waals surface area contributed by atoms with Gasteiger partial charge < -0.3 is 9.80 Å². The quantitative estimate of drug-likeness (QED) is 0.781. The van der Waals surface area contributed by atoms with Gasteiger partial charge >= 0.3 is 0 Å². The summed E-state index contributed by atoms with van der Waals surface area (Å²) in [6, 6.07) is 3.31. The van der Waals surface area contributed by atoms with Crippen LogP contribution in [0.15, 0.2) is 30.5 Å². The van der Waals surface area contributed by atoms with Crippen molar-refractivity contribution in [2.75, 3.05) is 26.2 Å². The summed E-state index contributed by atoms with van der Waals surface area (Å²) >= 11 is 5.81. The van der Waals surface area contributed by atoms with E-state index in [1.165, 1.54) is 6.20 Å². The predicted molar refractivity (Wildman–Crippen MR) is 88.2 cm³/mol. The third kappa shape index (κ3) is 3.72. The summed E-state index contributed by atoms with van der Waals surface area (Å²) in [6.07, 6.45) is 8.10. The fraction of sp³-hybridized carbons (Fsp3) is 0.471. The van der Waals surface area contributed by atoms with Gasteiger partial charge in [0.25, 0.3) is 5.91 Å². The third-order valence-electron chi connectivity index (χ3n) is 4.40. The zero-order valence-corrected chi connectivity index (χ0v) is 13.7. The lowest BCUT2D eigenvalue weighted by molar-refractivity contribution is -0.135. The van der Waals surface area contributed by atoms with Gasteiger partial charge in [-0.25, -0.2) is 4.98 Å². The summed E-state index contributed by atoms with van der Waals surface area (Å²) in [4.78, 5) is 32.8. The van der Waals surface area contributed by atoms with Crippen LogP contribution in [-0.2, 0) is 4.79 Å². The molecule has 5 nitrogen and oxygen atoms in total. The van der Waals surface area contributed by atoms with Crippen LogP contribution in [0.4, 0.5) is 0 Å². The molecule has 0 N–H and O–H groups in total. The van der Waals surface area contributed by atoms with E-state index in [0.29, 0.717) is 36.9 Å². The Kier molecular flexibility index (Phi) is 4.96. The van der Waals surface area contributed by atoms with E-state index in [1.807, 2.05) is 4.90 Å². The van der Waals surface area contributed by atoms with Gasteiger partial charge in [0.1, 0.15) is 5.69 Å². The summed E-state index contributed by atoms with van der Waals surface area (Å²) in [5.74, 6) is 0.211. The van der Waals surface area contributed by atoms with Gasteiger partial charge in [-0.3, -0.25) is 9.59 Å². The highest BCUT2D eigenvalue weighted by atomic mass is 35.5. The van der Waals surface area contributed by atoms with Gasteiger partial charge in [-0.15, -0.1) is 0 Å². The van der Waals surface area contributed by atoms with Gasteiger partial charge in [0, 0.05) is 38.3 Å². The van der Waals surface area contributed by atoms with Gasteiger partial charge in [-0.1, -0.05) is 23.8 Å². The molecule has 1 aromatic rings. The molecular formula is C17H20ClN3O2. The molecular weight excluding hydrogens is 314 g/mol. The van der Waals surface area contributed by atoms with E-state index in [9.17, 15) is 9.59 Å². The number of amides is 2. The zero-order chi connectivity index (χ0) is 16.2. The van der Waals surface area contributed by atoms with E-state index in [-0.39, 0.29) is 17.7 Å². The number of carbonyl (C=O) groups is 2. The molecule has 0 spiro atoms. The van der Waals surface area contributed by atoms with Crippen molar-refractivity contribution in [3.05, 3.63) is 41.2 Å². The minimum absolute atomic E-state index is 0.0928. The minimum atomic E-state index is -0.0986. The van der Waals surface area contributed by atoms with Crippen LogP contribution in [0.1, 0.15) is 29.8 Å². The average Bonchev–Trinajstić information content (AvgIpc) is 2.99. The second kappa shape index (κ2) is 7.13. The van der Waals surface area contributed by atoms with Crippen LogP contribution in [0.2, 0.25) is 5.02 Å². The fourth-order valence-corrected chi connectivity index (χ4v) is 3.19. The molecule has 1 aliphatic heterocycles. The first-order chi connectivity index (χ1) is 11.1. The molecule has 23 heavy (non-hydrogen) atoms. The Morgan fingerprint density at radius 2 is 1.74 bits per heavy atom. The number of aromatic nitrogens is 1.